The van der Waals surface area contributed by atoms with Crippen molar-refractivity contribution in [1.82, 2.24) is 0 Å². The smallest absolute Gasteiger partial charge is 0.406 e. The summed E-state index contributed by atoms with van der Waals surface area (Å²) in [6, 6.07) is 13.4. The van der Waals surface area contributed by atoms with Gasteiger partial charge in [0.2, 0.25) is 0 Å². The van der Waals surface area contributed by atoms with Crippen molar-refractivity contribution in [2.75, 3.05) is 0 Å². The molecule has 2 aromatic carbocycles. The van der Waals surface area contributed by atoms with Gasteiger partial charge in [-0.05, 0) is 41.5 Å². The molecule has 93 valence electrons. The fourth-order valence-electron chi connectivity index (χ4n) is 1.44. The molecule has 0 aromatic heterocycles. The number of halogens is 4. The minimum absolute atomic E-state index is 0.272. The van der Waals surface area contributed by atoms with Gasteiger partial charge in [-0.2, -0.15) is 0 Å². The van der Waals surface area contributed by atoms with Crippen LogP contribution in [0.2, 0.25) is 5.02 Å². The summed E-state index contributed by atoms with van der Waals surface area (Å²) in [6.07, 6.45) is -4.70. The summed E-state index contributed by atoms with van der Waals surface area (Å²) in [7, 11) is 0. The molecule has 1 nitrogen and oxygen atoms in total. The van der Waals surface area contributed by atoms with Gasteiger partial charge in [-0.1, -0.05) is 29.8 Å². The van der Waals surface area contributed by atoms with E-state index >= 15 is 0 Å². The molecule has 0 saturated carbocycles. The molecule has 0 heterocycles. The second kappa shape index (κ2) is 4.90. The van der Waals surface area contributed by atoms with Gasteiger partial charge in [-0.3, -0.25) is 0 Å². The van der Waals surface area contributed by atoms with Gasteiger partial charge in [0.15, 0.2) is 0 Å². The lowest BCUT2D eigenvalue weighted by molar-refractivity contribution is -0.274. The van der Waals surface area contributed by atoms with Crippen LogP contribution in [0.3, 0.4) is 0 Å². The molecule has 5 heteroatoms. The third kappa shape index (κ3) is 3.40. The second-order valence-corrected chi connectivity index (χ2v) is 3.93. The molecular weight excluding hydrogens is 265 g/mol. The van der Waals surface area contributed by atoms with Crippen molar-refractivity contribution in [2.24, 2.45) is 0 Å². The Hall–Kier alpha value is -1.68. The van der Waals surface area contributed by atoms with Gasteiger partial charge < -0.3 is 4.74 Å². The lowest BCUT2D eigenvalue weighted by atomic mass is 10.1. The Balaban J connectivity index is 2.29. The number of benzene rings is 2. The lowest BCUT2D eigenvalue weighted by Crippen LogP contribution is -2.17. The molecule has 0 N–H and O–H groups in total. The number of ether oxygens (including phenoxy) is 1. The highest BCUT2D eigenvalue weighted by molar-refractivity contribution is 6.30. The molecule has 0 unspecified atom stereocenters. The molecule has 0 atom stereocenters. The van der Waals surface area contributed by atoms with Crippen molar-refractivity contribution in [3.63, 3.8) is 0 Å². The van der Waals surface area contributed by atoms with E-state index in [-0.39, 0.29) is 5.75 Å². The summed E-state index contributed by atoms with van der Waals surface area (Å²) >= 11 is 5.73. The summed E-state index contributed by atoms with van der Waals surface area (Å²) in [6.45, 7) is 0. The highest BCUT2D eigenvalue weighted by Crippen LogP contribution is 2.28. The van der Waals surface area contributed by atoms with Crippen molar-refractivity contribution in [3.05, 3.63) is 53.6 Å². The Morgan fingerprint density at radius 2 is 1.72 bits per heavy atom. The van der Waals surface area contributed by atoms with E-state index in [1.54, 1.807) is 24.3 Å². The number of alkyl halides is 3. The van der Waals surface area contributed by atoms with Gasteiger partial charge in [0.25, 0.3) is 0 Å². The predicted molar refractivity (Wildman–Crippen MR) is 62.4 cm³/mol. The van der Waals surface area contributed by atoms with Crippen LogP contribution >= 0.6 is 11.6 Å². The molecule has 0 saturated heterocycles. The van der Waals surface area contributed by atoms with Crippen LogP contribution in [-0.4, -0.2) is 6.36 Å². The Morgan fingerprint density at radius 1 is 1.06 bits per heavy atom. The summed E-state index contributed by atoms with van der Waals surface area (Å²) in [4.78, 5) is 0. The third-order valence-corrected chi connectivity index (χ3v) is 2.41. The number of rotatable bonds is 2. The van der Waals surface area contributed by atoms with E-state index in [0.29, 0.717) is 16.1 Å². The van der Waals surface area contributed by atoms with Crippen molar-refractivity contribution in [3.8, 4) is 16.9 Å². The van der Waals surface area contributed by atoms with E-state index in [2.05, 4.69) is 10.8 Å². The summed E-state index contributed by atoms with van der Waals surface area (Å²) in [5.74, 6) is -0.272. The van der Waals surface area contributed by atoms with Crippen molar-refractivity contribution < 1.29 is 17.9 Å². The number of hydrogen-bond donors (Lipinski definition) is 0. The van der Waals surface area contributed by atoms with E-state index in [0.717, 1.165) is 0 Å². The van der Waals surface area contributed by atoms with Crippen LogP contribution < -0.4 is 4.74 Å². The van der Waals surface area contributed by atoms with Crippen molar-refractivity contribution >= 4 is 11.6 Å². The first-order chi connectivity index (χ1) is 8.44. The molecule has 0 aliphatic rings. The average Bonchev–Trinajstić information content (AvgIpc) is 2.28. The minimum Gasteiger partial charge on any atom is -0.406 e. The molecule has 2 rings (SSSR count). The van der Waals surface area contributed by atoms with Gasteiger partial charge >= 0.3 is 6.36 Å². The van der Waals surface area contributed by atoms with Crippen LogP contribution in [0.4, 0.5) is 13.2 Å². The van der Waals surface area contributed by atoms with Crippen LogP contribution in [0, 0.1) is 6.07 Å². The molecule has 0 fully saturated rings. The normalized spacial score (nSPS) is 11.3. The second-order valence-electron chi connectivity index (χ2n) is 3.49. The molecule has 0 spiro atoms. The Bertz CT molecular complexity index is 535. The zero-order chi connectivity index (χ0) is 13.2. The van der Waals surface area contributed by atoms with E-state index in [9.17, 15) is 13.2 Å². The van der Waals surface area contributed by atoms with E-state index in [1.165, 1.54) is 18.2 Å². The molecule has 1 radical (unpaired) electrons. The summed E-state index contributed by atoms with van der Waals surface area (Å²) in [5.41, 5.74) is 1.22. The van der Waals surface area contributed by atoms with E-state index < -0.39 is 6.36 Å². The molecule has 18 heavy (non-hydrogen) atoms. The van der Waals surface area contributed by atoms with Crippen LogP contribution in [-0.2, 0) is 0 Å². The zero-order valence-electron chi connectivity index (χ0n) is 8.96. The Morgan fingerprint density at radius 3 is 2.33 bits per heavy atom. The molecule has 0 aliphatic heterocycles. The first kappa shape index (κ1) is 12.8. The van der Waals surface area contributed by atoms with Crippen LogP contribution in [0.25, 0.3) is 11.1 Å². The highest BCUT2D eigenvalue weighted by Gasteiger charge is 2.31. The van der Waals surface area contributed by atoms with Gasteiger partial charge in [0.05, 0.1) is 0 Å². The molecule has 2 aromatic rings. The van der Waals surface area contributed by atoms with Crippen LogP contribution in [0.15, 0.2) is 42.5 Å². The van der Waals surface area contributed by atoms with E-state index in [4.69, 9.17) is 11.6 Å². The fraction of sp³-hybridized carbons (Fsp3) is 0.0769. The SMILES string of the molecule is FC(F)(F)Oc1cc[c]c(-c2ccc(Cl)cc2)c1. The van der Waals surface area contributed by atoms with Crippen molar-refractivity contribution in [2.45, 2.75) is 6.36 Å². The molecule has 0 bridgehead atoms. The third-order valence-electron chi connectivity index (χ3n) is 2.16. The Kier molecular flexibility index (Phi) is 3.48. The standard InChI is InChI=1S/C13H7ClF3O/c14-11-6-4-9(5-7-11)10-2-1-3-12(8-10)18-13(15,16)17/h1,3-8H. The zero-order valence-corrected chi connectivity index (χ0v) is 9.72. The summed E-state index contributed by atoms with van der Waals surface area (Å²) in [5, 5.41) is 0.557. The quantitative estimate of drug-likeness (QED) is 0.769. The first-order valence-corrected chi connectivity index (χ1v) is 5.35. The monoisotopic (exact) mass is 271 g/mol. The minimum atomic E-state index is -4.70. The maximum atomic E-state index is 12.1. The van der Waals surface area contributed by atoms with E-state index in [1.807, 2.05) is 0 Å². The predicted octanol–water partition coefficient (Wildman–Crippen LogP) is 4.71. The average molecular weight is 272 g/mol. The van der Waals surface area contributed by atoms with Crippen LogP contribution in [0.1, 0.15) is 0 Å². The maximum absolute atomic E-state index is 12.1. The van der Waals surface area contributed by atoms with Gasteiger partial charge in [-0.25, -0.2) is 0 Å². The van der Waals surface area contributed by atoms with Gasteiger partial charge in [-0.15, -0.1) is 13.2 Å². The largest absolute Gasteiger partial charge is 0.573 e. The first-order valence-electron chi connectivity index (χ1n) is 4.97. The maximum Gasteiger partial charge on any atom is 0.573 e. The van der Waals surface area contributed by atoms with Crippen molar-refractivity contribution in [1.29, 1.82) is 0 Å². The highest BCUT2D eigenvalue weighted by atomic mass is 35.5. The molecule has 0 aliphatic carbocycles. The van der Waals surface area contributed by atoms with Gasteiger partial charge in [0.1, 0.15) is 5.75 Å². The molecular formula is C13H7ClF3O. The fourth-order valence-corrected chi connectivity index (χ4v) is 1.56. The van der Waals surface area contributed by atoms with Gasteiger partial charge in [0, 0.05) is 5.02 Å². The van der Waals surface area contributed by atoms with Crippen LogP contribution in [0.5, 0.6) is 5.75 Å². The summed E-state index contributed by atoms with van der Waals surface area (Å²) < 4.78 is 40.1. The topological polar surface area (TPSA) is 9.23 Å². The lowest BCUT2D eigenvalue weighted by Gasteiger charge is -2.09. The number of hydrogen-bond acceptors (Lipinski definition) is 1. The Labute approximate surface area is 107 Å². The molecule has 0 amide bonds.